The van der Waals surface area contributed by atoms with Crippen LogP contribution in [0.5, 0.6) is 5.75 Å². The van der Waals surface area contributed by atoms with Gasteiger partial charge in [0.1, 0.15) is 5.75 Å². The Bertz CT molecular complexity index is 674. The third-order valence-electron chi connectivity index (χ3n) is 5.01. The molecule has 3 atom stereocenters. The van der Waals surface area contributed by atoms with Crippen LogP contribution >= 0.6 is 22.6 Å². The van der Waals surface area contributed by atoms with Crippen LogP contribution in [0.3, 0.4) is 0 Å². The molecule has 0 bridgehead atoms. The molecule has 0 radical (unpaired) electrons. The van der Waals surface area contributed by atoms with Crippen molar-refractivity contribution < 1.29 is 4.74 Å². The number of rotatable bonds is 4. The van der Waals surface area contributed by atoms with Crippen LogP contribution in [0.4, 0.5) is 0 Å². The summed E-state index contributed by atoms with van der Waals surface area (Å²) in [4.78, 5) is 2.63. The molecular weight excluding hydrogens is 385 g/mol. The number of hydrogen-bond acceptors (Lipinski definition) is 2. The van der Waals surface area contributed by atoms with E-state index in [-0.39, 0.29) is 0 Å². The van der Waals surface area contributed by atoms with Crippen molar-refractivity contribution in [3.8, 4) is 5.75 Å². The Morgan fingerprint density at radius 2 is 1.86 bits per heavy atom. The molecule has 1 heterocycles. The van der Waals surface area contributed by atoms with Crippen LogP contribution in [0.1, 0.15) is 23.6 Å². The minimum Gasteiger partial charge on any atom is -0.496 e. The highest BCUT2D eigenvalue weighted by molar-refractivity contribution is 14.1. The van der Waals surface area contributed by atoms with Crippen LogP contribution in [0.25, 0.3) is 0 Å². The molecule has 0 N–H and O–H groups in total. The van der Waals surface area contributed by atoms with E-state index in [2.05, 4.69) is 82.1 Å². The lowest BCUT2D eigenvalue weighted by molar-refractivity contribution is 0.217. The molecule has 4 rings (SSSR count). The minimum atomic E-state index is 0.390. The summed E-state index contributed by atoms with van der Waals surface area (Å²) in [5.41, 5.74) is 2.74. The summed E-state index contributed by atoms with van der Waals surface area (Å²) in [5.74, 6) is 1.85. The van der Waals surface area contributed by atoms with Crippen molar-refractivity contribution in [1.82, 2.24) is 4.90 Å². The molecule has 2 fully saturated rings. The molecule has 2 aliphatic rings. The van der Waals surface area contributed by atoms with E-state index in [0.717, 1.165) is 18.2 Å². The van der Waals surface area contributed by atoms with E-state index in [1.807, 2.05) is 0 Å². The Morgan fingerprint density at radius 3 is 2.64 bits per heavy atom. The van der Waals surface area contributed by atoms with Gasteiger partial charge in [-0.15, -0.1) is 0 Å². The number of nitrogens with zero attached hydrogens (tertiary/aromatic N) is 1. The van der Waals surface area contributed by atoms with Crippen LogP contribution in [0.2, 0.25) is 0 Å². The molecule has 114 valence electrons. The molecule has 0 unspecified atom stereocenters. The van der Waals surface area contributed by atoms with Crippen molar-refractivity contribution in [3.63, 3.8) is 0 Å². The normalized spacial score (nSPS) is 30.1. The second kappa shape index (κ2) is 5.53. The molecule has 1 aliphatic heterocycles. The van der Waals surface area contributed by atoms with Crippen LogP contribution in [0, 0.1) is 5.92 Å². The van der Waals surface area contributed by atoms with Gasteiger partial charge in [-0.25, -0.2) is 0 Å². The van der Waals surface area contributed by atoms with Gasteiger partial charge in [0.2, 0.25) is 0 Å². The van der Waals surface area contributed by atoms with Gasteiger partial charge < -0.3 is 4.74 Å². The fraction of sp³-hybridized carbons (Fsp3) is 0.368. The molecular formula is C19H20INO. The molecule has 1 saturated heterocycles. The van der Waals surface area contributed by atoms with Crippen molar-refractivity contribution in [2.75, 3.05) is 13.7 Å². The van der Waals surface area contributed by atoms with Crippen molar-refractivity contribution in [2.45, 2.75) is 22.4 Å². The average molecular weight is 405 g/mol. The number of methoxy groups -OCH3 is 1. The summed E-state index contributed by atoms with van der Waals surface area (Å²) in [6, 6.07) is 19.8. The molecule has 0 spiro atoms. The van der Waals surface area contributed by atoms with Gasteiger partial charge in [0, 0.05) is 22.1 Å². The van der Waals surface area contributed by atoms with Crippen molar-refractivity contribution in [1.29, 1.82) is 0 Å². The molecule has 2 nitrogen and oxygen atoms in total. The lowest BCUT2D eigenvalue weighted by Crippen LogP contribution is -2.30. The Hall–Kier alpha value is -1.07. The molecule has 2 aromatic rings. The predicted octanol–water partition coefficient (Wildman–Crippen LogP) is 4.45. The Labute approximate surface area is 145 Å². The number of piperidine rings is 1. The summed E-state index contributed by atoms with van der Waals surface area (Å²) in [6.45, 7) is 2.21. The smallest absolute Gasteiger partial charge is 0.123 e. The van der Waals surface area contributed by atoms with Gasteiger partial charge in [-0.1, -0.05) is 71.1 Å². The summed E-state index contributed by atoms with van der Waals surface area (Å²) >= 11 is 2.70. The first-order chi connectivity index (χ1) is 10.7. The number of ether oxygens (including phenoxy) is 1. The molecule has 0 amide bonds. The summed E-state index contributed by atoms with van der Waals surface area (Å²) < 4.78 is 6.03. The topological polar surface area (TPSA) is 12.5 Å². The standard InChI is InChI=1S/C19H20INO/c1-22-17-10-6-5-9-16(17)18-19(20)11-15(19)13-21(18)12-14-7-3-2-4-8-14/h2-10,15,18H,11-13H2,1H3/t15-,18-,19+/m0/s1. The van der Waals surface area contributed by atoms with Gasteiger partial charge in [-0.05, 0) is 24.0 Å². The Morgan fingerprint density at radius 1 is 1.14 bits per heavy atom. The number of likely N-dealkylation sites (tertiary alicyclic amines) is 1. The van der Waals surface area contributed by atoms with E-state index in [4.69, 9.17) is 4.74 Å². The van der Waals surface area contributed by atoms with Gasteiger partial charge in [0.15, 0.2) is 0 Å². The van der Waals surface area contributed by atoms with Gasteiger partial charge in [-0.2, -0.15) is 0 Å². The first-order valence-corrected chi connectivity index (χ1v) is 8.90. The Balaban J connectivity index is 1.68. The molecule has 22 heavy (non-hydrogen) atoms. The second-order valence-electron chi connectivity index (χ2n) is 6.39. The summed E-state index contributed by atoms with van der Waals surface area (Å²) in [5, 5.41) is 0. The van der Waals surface area contributed by atoms with Crippen LogP contribution in [0.15, 0.2) is 54.6 Å². The van der Waals surface area contributed by atoms with Crippen molar-refractivity contribution in [2.24, 2.45) is 5.92 Å². The summed E-state index contributed by atoms with van der Waals surface area (Å²) in [7, 11) is 1.78. The molecule has 1 saturated carbocycles. The average Bonchev–Trinajstić information content (AvgIpc) is 3.11. The van der Waals surface area contributed by atoms with E-state index in [1.54, 1.807) is 7.11 Å². The van der Waals surface area contributed by atoms with Crippen LogP contribution in [-0.2, 0) is 6.54 Å². The van der Waals surface area contributed by atoms with Gasteiger partial charge >= 0.3 is 0 Å². The SMILES string of the molecule is COc1ccccc1[C@@H]1N(Cc2ccccc2)C[C@@H]2C[C@@]21I. The van der Waals surface area contributed by atoms with Crippen LogP contribution < -0.4 is 4.74 Å². The molecule has 2 aromatic carbocycles. The fourth-order valence-electron chi connectivity index (χ4n) is 3.88. The highest BCUT2D eigenvalue weighted by Crippen LogP contribution is 2.66. The Kier molecular flexibility index (Phi) is 3.65. The number of halogens is 1. The second-order valence-corrected chi connectivity index (χ2v) is 8.40. The highest BCUT2D eigenvalue weighted by atomic mass is 127. The summed E-state index contributed by atoms with van der Waals surface area (Å²) in [6.07, 6.45) is 1.33. The van der Waals surface area contributed by atoms with E-state index >= 15 is 0 Å². The van der Waals surface area contributed by atoms with Crippen LogP contribution in [-0.4, -0.2) is 22.0 Å². The number of alkyl halides is 1. The van der Waals surface area contributed by atoms with Gasteiger partial charge in [0.25, 0.3) is 0 Å². The number of hydrogen-bond donors (Lipinski definition) is 0. The van der Waals surface area contributed by atoms with E-state index in [1.165, 1.54) is 24.1 Å². The zero-order valence-corrected chi connectivity index (χ0v) is 14.9. The largest absolute Gasteiger partial charge is 0.496 e. The predicted molar refractivity (Wildman–Crippen MR) is 97.4 cm³/mol. The van der Waals surface area contributed by atoms with E-state index in [9.17, 15) is 0 Å². The third kappa shape index (κ3) is 2.35. The monoisotopic (exact) mass is 405 g/mol. The lowest BCUT2D eigenvalue weighted by atomic mass is 10.0. The van der Waals surface area contributed by atoms with Crippen molar-refractivity contribution in [3.05, 3.63) is 65.7 Å². The van der Waals surface area contributed by atoms with E-state index in [0.29, 0.717) is 9.46 Å². The number of para-hydroxylation sites is 1. The zero-order valence-electron chi connectivity index (χ0n) is 12.7. The molecule has 3 heteroatoms. The first-order valence-electron chi connectivity index (χ1n) is 7.82. The lowest BCUT2D eigenvalue weighted by Gasteiger charge is -2.31. The molecule has 0 aromatic heterocycles. The third-order valence-corrected chi connectivity index (χ3v) is 6.93. The highest BCUT2D eigenvalue weighted by Gasteiger charge is 2.65. The maximum atomic E-state index is 5.64. The van der Waals surface area contributed by atoms with Crippen molar-refractivity contribution >= 4 is 22.6 Å². The fourth-order valence-corrected chi connectivity index (χ4v) is 5.34. The number of fused-ring (bicyclic) bond motifs is 1. The molecule has 1 aliphatic carbocycles. The van der Waals surface area contributed by atoms with Gasteiger partial charge in [0.05, 0.1) is 13.2 Å². The minimum absolute atomic E-state index is 0.390. The zero-order chi connectivity index (χ0) is 15.2. The van der Waals surface area contributed by atoms with E-state index < -0.39 is 0 Å². The quantitative estimate of drug-likeness (QED) is 0.551. The maximum absolute atomic E-state index is 5.64. The van der Waals surface area contributed by atoms with Gasteiger partial charge in [-0.3, -0.25) is 4.90 Å². The number of benzene rings is 2. The first kappa shape index (κ1) is 14.5. The maximum Gasteiger partial charge on any atom is 0.123 e.